The van der Waals surface area contributed by atoms with Gasteiger partial charge in [-0.05, 0) is 23.6 Å². The van der Waals surface area contributed by atoms with Crippen molar-refractivity contribution < 1.29 is 4.52 Å². The minimum atomic E-state index is 0. The molecule has 3 rings (SSSR count). The van der Waals surface area contributed by atoms with Crippen molar-refractivity contribution in [1.82, 2.24) is 20.3 Å². The highest BCUT2D eigenvalue weighted by Gasteiger charge is 2.20. The molecule has 1 fully saturated rings. The van der Waals surface area contributed by atoms with Gasteiger partial charge in [0.15, 0.2) is 11.7 Å². The minimum Gasteiger partial charge on any atom is -0.359 e. The molecular weight excluding hydrogens is 489 g/mol. The Bertz CT molecular complexity index is 754. The second-order valence-corrected chi connectivity index (χ2v) is 7.60. The van der Waals surface area contributed by atoms with Gasteiger partial charge in [0.1, 0.15) is 0 Å². The molecule has 0 aliphatic carbocycles. The molecule has 0 spiro atoms. The average molecular weight is 518 g/mol. The number of piperazine rings is 1. The molecule has 1 N–H and O–H groups in total. The summed E-state index contributed by atoms with van der Waals surface area (Å²) < 4.78 is 5.40. The van der Waals surface area contributed by atoms with Crippen LogP contribution in [0, 0.1) is 0 Å². The molecule has 28 heavy (non-hydrogen) atoms. The van der Waals surface area contributed by atoms with E-state index in [4.69, 9.17) is 16.1 Å². The summed E-state index contributed by atoms with van der Waals surface area (Å²) in [5.41, 5.74) is 2.28. The molecule has 1 saturated heterocycles. The number of aromatic nitrogens is 1. The van der Waals surface area contributed by atoms with E-state index in [1.165, 1.54) is 5.56 Å². The first-order chi connectivity index (χ1) is 13.0. The normalized spacial score (nSPS) is 15.6. The van der Waals surface area contributed by atoms with Gasteiger partial charge in [0.2, 0.25) is 0 Å². The van der Waals surface area contributed by atoms with E-state index in [1.807, 2.05) is 25.2 Å². The van der Waals surface area contributed by atoms with Crippen molar-refractivity contribution in [2.75, 3.05) is 33.2 Å². The van der Waals surface area contributed by atoms with Crippen molar-refractivity contribution in [2.24, 2.45) is 4.99 Å². The number of benzene rings is 1. The number of hydrogen-bond donors (Lipinski definition) is 1. The highest BCUT2D eigenvalue weighted by atomic mass is 127. The number of guanidine groups is 1. The molecule has 0 amide bonds. The van der Waals surface area contributed by atoms with E-state index in [0.717, 1.165) is 55.2 Å². The van der Waals surface area contributed by atoms with Crippen LogP contribution in [-0.4, -0.2) is 54.1 Å². The molecule has 2 heterocycles. The van der Waals surface area contributed by atoms with E-state index in [1.54, 1.807) is 0 Å². The highest BCUT2D eigenvalue weighted by Crippen LogP contribution is 2.15. The van der Waals surface area contributed by atoms with Crippen molar-refractivity contribution in [3.63, 3.8) is 0 Å². The molecule has 1 aromatic heterocycles. The Labute approximate surface area is 189 Å². The predicted octanol–water partition coefficient (Wildman–Crippen LogP) is 3.96. The van der Waals surface area contributed by atoms with Crippen molar-refractivity contribution in [2.45, 2.75) is 32.9 Å². The first-order valence-corrected chi connectivity index (χ1v) is 9.81. The van der Waals surface area contributed by atoms with Gasteiger partial charge in [0.05, 0.1) is 12.2 Å². The summed E-state index contributed by atoms with van der Waals surface area (Å²) in [6.07, 6.45) is 0. The van der Waals surface area contributed by atoms with Gasteiger partial charge in [0.25, 0.3) is 0 Å². The number of hydrogen-bond acceptors (Lipinski definition) is 4. The summed E-state index contributed by atoms with van der Waals surface area (Å²) in [5.74, 6) is 2.11. The van der Waals surface area contributed by atoms with Crippen LogP contribution >= 0.6 is 35.6 Å². The van der Waals surface area contributed by atoms with Gasteiger partial charge >= 0.3 is 0 Å². The molecule has 8 heteroatoms. The Balaban J connectivity index is 0.00000280. The first-order valence-electron chi connectivity index (χ1n) is 9.43. The second kappa shape index (κ2) is 11.0. The molecule has 0 atom stereocenters. The van der Waals surface area contributed by atoms with Crippen molar-refractivity contribution in [3.8, 4) is 0 Å². The maximum atomic E-state index is 5.96. The lowest BCUT2D eigenvalue weighted by Gasteiger charge is -2.36. The first kappa shape index (κ1) is 23.0. The van der Waals surface area contributed by atoms with Crippen LogP contribution in [0.5, 0.6) is 0 Å². The molecule has 0 radical (unpaired) electrons. The molecule has 1 aliphatic heterocycles. The summed E-state index contributed by atoms with van der Waals surface area (Å²) in [6.45, 7) is 9.66. The van der Waals surface area contributed by atoms with Gasteiger partial charge in [0, 0.05) is 50.9 Å². The van der Waals surface area contributed by atoms with E-state index >= 15 is 0 Å². The molecule has 1 aromatic carbocycles. The van der Waals surface area contributed by atoms with Gasteiger partial charge in [-0.3, -0.25) is 9.89 Å². The molecule has 0 bridgehead atoms. The Morgan fingerprint density at radius 3 is 2.46 bits per heavy atom. The van der Waals surface area contributed by atoms with Gasteiger partial charge in [-0.25, -0.2) is 0 Å². The van der Waals surface area contributed by atoms with Crippen molar-refractivity contribution in [3.05, 3.63) is 52.4 Å². The molecule has 154 valence electrons. The van der Waals surface area contributed by atoms with E-state index in [0.29, 0.717) is 12.5 Å². The topological polar surface area (TPSA) is 56.9 Å². The molecular formula is C20H29ClIN5O. The summed E-state index contributed by atoms with van der Waals surface area (Å²) in [6, 6.07) is 10.1. The van der Waals surface area contributed by atoms with Crippen LogP contribution in [0.1, 0.15) is 36.8 Å². The van der Waals surface area contributed by atoms with Crippen LogP contribution in [0.3, 0.4) is 0 Å². The van der Waals surface area contributed by atoms with Crippen LogP contribution < -0.4 is 5.32 Å². The fraction of sp³-hybridized carbons (Fsp3) is 0.500. The van der Waals surface area contributed by atoms with Gasteiger partial charge < -0.3 is 14.7 Å². The molecule has 6 nitrogen and oxygen atoms in total. The largest absolute Gasteiger partial charge is 0.359 e. The van der Waals surface area contributed by atoms with Crippen LogP contribution in [0.25, 0.3) is 0 Å². The third-order valence-electron chi connectivity index (χ3n) is 4.79. The third-order valence-corrected chi connectivity index (χ3v) is 5.04. The van der Waals surface area contributed by atoms with E-state index < -0.39 is 0 Å². The number of nitrogens with one attached hydrogen (secondary N) is 1. The quantitative estimate of drug-likeness (QED) is 0.370. The van der Waals surface area contributed by atoms with E-state index in [-0.39, 0.29) is 24.0 Å². The summed E-state index contributed by atoms with van der Waals surface area (Å²) in [4.78, 5) is 9.17. The van der Waals surface area contributed by atoms with Crippen LogP contribution in [0.15, 0.2) is 39.8 Å². The Morgan fingerprint density at radius 1 is 1.21 bits per heavy atom. The SMILES string of the molecule is CN=C(NCc1cc(C(C)C)no1)N1CCN(Cc2ccc(Cl)cc2)CC1.I. The lowest BCUT2D eigenvalue weighted by molar-refractivity contribution is 0.172. The Kier molecular flexibility index (Phi) is 9.04. The zero-order valence-corrected chi connectivity index (χ0v) is 19.8. The zero-order valence-electron chi connectivity index (χ0n) is 16.7. The predicted molar refractivity (Wildman–Crippen MR) is 125 cm³/mol. The Hall–Kier alpha value is -1.32. The second-order valence-electron chi connectivity index (χ2n) is 7.16. The summed E-state index contributed by atoms with van der Waals surface area (Å²) >= 11 is 5.96. The number of nitrogens with zero attached hydrogens (tertiary/aromatic N) is 4. The third kappa shape index (κ3) is 6.35. The minimum absolute atomic E-state index is 0. The van der Waals surface area contributed by atoms with E-state index in [2.05, 4.69) is 51.2 Å². The maximum Gasteiger partial charge on any atom is 0.194 e. The zero-order chi connectivity index (χ0) is 19.2. The van der Waals surface area contributed by atoms with Gasteiger partial charge in [-0.2, -0.15) is 0 Å². The average Bonchev–Trinajstić information content (AvgIpc) is 3.15. The lowest BCUT2D eigenvalue weighted by atomic mass is 10.1. The molecule has 1 aliphatic rings. The van der Waals surface area contributed by atoms with Crippen LogP contribution in [-0.2, 0) is 13.1 Å². The molecule has 0 saturated carbocycles. The van der Waals surface area contributed by atoms with Crippen molar-refractivity contribution >= 4 is 41.5 Å². The standard InChI is InChI=1S/C20H28ClN5O.HI/c1-15(2)19-12-18(27-24-19)13-23-20(22-3)26-10-8-25(9-11-26)14-16-4-6-17(21)7-5-16;/h4-7,12,15H,8-11,13-14H2,1-3H3,(H,22,23);1H. The van der Waals surface area contributed by atoms with Gasteiger partial charge in [-0.15, -0.1) is 24.0 Å². The maximum absolute atomic E-state index is 5.96. The smallest absolute Gasteiger partial charge is 0.194 e. The van der Waals surface area contributed by atoms with Crippen LogP contribution in [0.2, 0.25) is 5.02 Å². The molecule has 2 aromatic rings. The highest BCUT2D eigenvalue weighted by molar-refractivity contribution is 14.0. The van der Waals surface area contributed by atoms with Crippen LogP contribution in [0.4, 0.5) is 0 Å². The number of rotatable bonds is 5. The van der Waals surface area contributed by atoms with E-state index in [9.17, 15) is 0 Å². The number of halogens is 2. The summed E-state index contributed by atoms with van der Waals surface area (Å²) in [5, 5.41) is 8.27. The lowest BCUT2D eigenvalue weighted by Crippen LogP contribution is -2.52. The number of aliphatic imine (C=N–C) groups is 1. The van der Waals surface area contributed by atoms with Gasteiger partial charge in [-0.1, -0.05) is 42.7 Å². The fourth-order valence-electron chi connectivity index (χ4n) is 3.15. The van der Waals surface area contributed by atoms with Crippen molar-refractivity contribution in [1.29, 1.82) is 0 Å². The monoisotopic (exact) mass is 517 g/mol. The molecule has 0 unspecified atom stereocenters. The summed E-state index contributed by atoms with van der Waals surface area (Å²) in [7, 11) is 1.82. The Morgan fingerprint density at radius 2 is 1.89 bits per heavy atom. The fourth-order valence-corrected chi connectivity index (χ4v) is 3.27.